The van der Waals surface area contributed by atoms with Crippen molar-refractivity contribution in [1.82, 2.24) is 25.5 Å². The number of benzene rings is 2. The van der Waals surface area contributed by atoms with E-state index >= 15 is 0 Å². The molecule has 0 aliphatic rings. The second-order valence-electron chi connectivity index (χ2n) is 6.08. The van der Waals surface area contributed by atoms with E-state index in [1.807, 2.05) is 47.8 Å². The number of aromatic nitrogens is 4. The van der Waals surface area contributed by atoms with Gasteiger partial charge in [-0.2, -0.15) is 4.80 Å². The van der Waals surface area contributed by atoms with Gasteiger partial charge in [0, 0.05) is 10.4 Å². The number of nitrogens with one attached hydrogen (secondary N) is 1. The summed E-state index contributed by atoms with van der Waals surface area (Å²) in [5, 5.41) is 17.1. The number of nitrogens with zero attached hydrogens (tertiary/aromatic N) is 4. The van der Waals surface area contributed by atoms with Crippen LogP contribution in [-0.2, 0) is 11.3 Å². The van der Waals surface area contributed by atoms with Gasteiger partial charge >= 0.3 is 0 Å². The molecule has 0 fully saturated rings. The zero-order chi connectivity index (χ0) is 19.3. The molecule has 4 aromatic rings. The SMILES string of the molecule is O=C(Cn1nnc(-c2ccc(F)cc2)n1)N[C@@H](c1ccccc1)c1cccs1. The van der Waals surface area contributed by atoms with E-state index in [4.69, 9.17) is 0 Å². The van der Waals surface area contributed by atoms with Crippen LogP contribution in [0.1, 0.15) is 16.5 Å². The summed E-state index contributed by atoms with van der Waals surface area (Å²) in [5.41, 5.74) is 1.63. The van der Waals surface area contributed by atoms with Gasteiger partial charge in [0.25, 0.3) is 0 Å². The maximum Gasteiger partial charge on any atom is 0.244 e. The first-order valence-corrected chi connectivity index (χ1v) is 9.48. The molecule has 1 amide bonds. The third kappa shape index (κ3) is 4.12. The predicted octanol–water partition coefficient (Wildman–Crippen LogP) is 3.45. The highest BCUT2D eigenvalue weighted by Crippen LogP contribution is 2.25. The average molecular weight is 393 g/mol. The summed E-state index contributed by atoms with van der Waals surface area (Å²) in [4.78, 5) is 14.9. The topological polar surface area (TPSA) is 72.7 Å². The van der Waals surface area contributed by atoms with Gasteiger partial charge in [-0.25, -0.2) is 4.39 Å². The van der Waals surface area contributed by atoms with Gasteiger partial charge in [0.15, 0.2) is 0 Å². The molecular weight excluding hydrogens is 377 g/mol. The Morgan fingerprint density at radius 2 is 1.86 bits per heavy atom. The van der Waals surface area contributed by atoms with Gasteiger partial charge in [0.1, 0.15) is 12.4 Å². The van der Waals surface area contributed by atoms with Crippen molar-refractivity contribution >= 4 is 17.2 Å². The van der Waals surface area contributed by atoms with E-state index in [9.17, 15) is 9.18 Å². The zero-order valence-corrected chi connectivity index (χ0v) is 15.5. The Bertz CT molecular complexity index is 1050. The maximum atomic E-state index is 13.0. The maximum absolute atomic E-state index is 13.0. The van der Waals surface area contributed by atoms with Gasteiger partial charge in [0.2, 0.25) is 11.7 Å². The standard InChI is InChI=1S/C20H16FN5OS/c21-16-10-8-15(9-11-16)20-23-25-26(24-20)13-18(27)22-19(17-7-4-12-28-17)14-5-2-1-3-6-14/h1-12,19H,13H2,(H,22,27)/t19-/m0/s1. The van der Waals surface area contributed by atoms with E-state index in [1.54, 1.807) is 23.5 Å². The highest BCUT2D eigenvalue weighted by atomic mass is 32.1. The minimum atomic E-state index is -0.337. The van der Waals surface area contributed by atoms with Gasteiger partial charge in [0.05, 0.1) is 6.04 Å². The van der Waals surface area contributed by atoms with Crippen LogP contribution >= 0.6 is 11.3 Å². The fraction of sp³-hybridized carbons (Fsp3) is 0.100. The molecule has 140 valence electrons. The molecule has 28 heavy (non-hydrogen) atoms. The van der Waals surface area contributed by atoms with Crippen LogP contribution in [0.5, 0.6) is 0 Å². The molecule has 0 unspecified atom stereocenters. The smallest absolute Gasteiger partial charge is 0.244 e. The third-order valence-electron chi connectivity index (χ3n) is 4.11. The molecule has 0 spiro atoms. The molecule has 0 radical (unpaired) electrons. The molecule has 0 aliphatic carbocycles. The van der Waals surface area contributed by atoms with Crippen LogP contribution in [0.3, 0.4) is 0 Å². The Kier molecular flexibility index (Phi) is 5.20. The third-order valence-corrected chi connectivity index (χ3v) is 5.04. The lowest BCUT2D eigenvalue weighted by Crippen LogP contribution is -2.32. The van der Waals surface area contributed by atoms with Crippen molar-refractivity contribution in [2.75, 3.05) is 0 Å². The Balaban J connectivity index is 1.48. The second kappa shape index (κ2) is 8.10. The molecule has 0 saturated carbocycles. The van der Waals surface area contributed by atoms with E-state index in [0.717, 1.165) is 10.4 Å². The van der Waals surface area contributed by atoms with Crippen molar-refractivity contribution < 1.29 is 9.18 Å². The van der Waals surface area contributed by atoms with Crippen LogP contribution < -0.4 is 5.32 Å². The van der Waals surface area contributed by atoms with Gasteiger partial charge in [-0.3, -0.25) is 4.79 Å². The number of halogens is 1. The Labute approximate surface area is 164 Å². The fourth-order valence-electron chi connectivity index (χ4n) is 2.78. The van der Waals surface area contributed by atoms with E-state index in [1.165, 1.54) is 16.9 Å². The molecule has 8 heteroatoms. The first-order valence-electron chi connectivity index (χ1n) is 8.60. The number of carbonyl (C=O) groups excluding carboxylic acids is 1. The molecule has 1 N–H and O–H groups in total. The van der Waals surface area contributed by atoms with Crippen LogP contribution in [0.4, 0.5) is 4.39 Å². The first-order chi connectivity index (χ1) is 13.7. The van der Waals surface area contributed by atoms with Gasteiger partial charge < -0.3 is 5.32 Å². The molecule has 2 aromatic carbocycles. The molecule has 0 bridgehead atoms. The van der Waals surface area contributed by atoms with Crippen LogP contribution in [-0.4, -0.2) is 26.1 Å². The fourth-order valence-corrected chi connectivity index (χ4v) is 3.58. The quantitative estimate of drug-likeness (QED) is 0.545. The number of hydrogen-bond donors (Lipinski definition) is 1. The van der Waals surface area contributed by atoms with E-state index in [2.05, 4.69) is 20.7 Å². The number of tetrazole rings is 1. The Morgan fingerprint density at radius 3 is 2.57 bits per heavy atom. The molecule has 4 rings (SSSR count). The minimum absolute atomic E-state index is 0.0666. The molecule has 1 atom stereocenters. The summed E-state index contributed by atoms with van der Waals surface area (Å²) in [6.45, 7) is -0.0666. The highest BCUT2D eigenvalue weighted by Gasteiger charge is 2.18. The van der Waals surface area contributed by atoms with E-state index in [-0.39, 0.29) is 24.3 Å². The lowest BCUT2D eigenvalue weighted by atomic mass is 10.1. The average Bonchev–Trinajstić information content (AvgIpc) is 3.40. The summed E-state index contributed by atoms with van der Waals surface area (Å²) >= 11 is 1.58. The van der Waals surface area contributed by atoms with Crippen LogP contribution in [0.2, 0.25) is 0 Å². The van der Waals surface area contributed by atoms with Crippen molar-refractivity contribution in [3.05, 3.63) is 88.4 Å². The molecule has 2 heterocycles. The van der Waals surface area contributed by atoms with Crippen molar-refractivity contribution in [2.45, 2.75) is 12.6 Å². The minimum Gasteiger partial charge on any atom is -0.343 e. The zero-order valence-electron chi connectivity index (χ0n) is 14.7. The van der Waals surface area contributed by atoms with Gasteiger partial charge in [-0.15, -0.1) is 21.5 Å². The summed E-state index contributed by atoms with van der Waals surface area (Å²) < 4.78 is 13.0. The summed E-state index contributed by atoms with van der Waals surface area (Å²) in [7, 11) is 0. The number of carbonyl (C=O) groups is 1. The lowest BCUT2D eigenvalue weighted by molar-refractivity contribution is -0.122. The molecule has 0 saturated heterocycles. The van der Waals surface area contributed by atoms with E-state index < -0.39 is 0 Å². The monoisotopic (exact) mass is 393 g/mol. The molecule has 6 nitrogen and oxygen atoms in total. The van der Waals surface area contributed by atoms with Crippen molar-refractivity contribution in [1.29, 1.82) is 0 Å². The number of thiophene rings is 1. The summed E-state index contributed by atoms with van der Waals surface area (Å²) in [5.74, 6) is -0.230. The summed E-state index contributed by atoms with van der Waals surface area (Å²) in [6, 6.07) is 19.3. The Hall–Kier alpha value is -3.39. The molecule has 2 aromatic heterocycles. The number of hydrogen-bond acceptors (Lipinski definition) is 5. The molecular formula is C20H16FN5OS. The van der Waals surface area contributed by atoms with Crippen LogP contribution in [0.15, 0.2) is 72.1 Å². The highest BCUT2D eigenvalue weighted by molar-refractivity contribution is 7.10. The second-order valence-corrected chi connectivity index (χ2v) is 7.06. The van der Waals surface area contributed by atoms with E-state index in [0.29, 0.717) is 11.4 Å². The Morgan fingerprint density at radius 1 is 1.07 bits per heavy atom. The first kappa shape index (κ1) is 18.0. The number of rotatable bonds is 6. The normalized spacial score (nSPS) is 11.9. The summed E-state index contributed by atoms with van der Waals surface area (Å²) in [6.07, 6.45) is 0. The van der Waals surface area contributed by atoms with Crippen molar-refractivity contribution in [3.8, 4) is 11.4 Å². The largest absolute Gasteiger partial charge is 0.343 e. The van der Waals surface area contributed by atoms with Crippen LogP contribution in [0, 0.1) is 5.82 Å². The van der Waals surface area contributed by atoms with Crippen LogP contribution in [0.25, 0.3) is 11.4 Å². The lowest BCUT2D eigenvalue weighted by Gasteiger charge is -2.17. The molecule has 0 aliphatic heterocycles. The van der Waals surface area contributed by atoms with Crippen molar-refractivity contribution in [3.63, 3.8) is 0 Å². The van der Waals surface area contributed by atoms with Crippen molar-refractivity contribution in [2.24, 2.45) is 0 Å². The number of amides is 1. The van der Waals surface area contributed by atoms with Gasteiger partial charge in [-0.05, 0) is 46.5 Å². The predicted molar refractivity (Wildman–Crippen MR) is 104 cm³/mol. The van der Waals surface area contributed by atoms with Gasteiger partial charge in [-0.1, -0.05) is 36.4 Å².